The Balaban J connectivity index is 1.68. The Kier molecular flexibility index (Phi) is 8.86. The van der Waals surface area contributed by atoms with E-state index in [0.717, 1.165) is 16.1 Å². The lowest BCUT2D eigenvalue weighted by molar-refractivity contribution is -0.121. The molecule has 0 aliphatic heterocycles. The zero-order valence-corrected chi connectivity index (χ0v) is 20.7. The van der Waals surface area contributed by atoms with Crippen molar-refractivity contribution in [3.8, 4) is 11.5 Å². The summed E-state index contributed by atoms with van der Waals surface area (Å²) in [4.78, 5) is 12.7. The second-order valence-electron chi connectivity index (χ2n) is 7.72. The van der Waals surface area contributed by atoms with Gasteiger partial charge in [0.05, 0.1) is 24.8 Å². The number of hydrogen-bond donors (Lipinski definition) is 1. The molecule has 0 fully saturated rings. The molecule has 0 saturated heterocycles. The van der Waals surface area contributed by atoms with Gasteiger partial charge in [-0.25, -0.2) is 13.8 Å². The smallest absolute Gasteiger partial charge is 0.263 e. The fraction of sp³-hybridized carbons (Fsp3) is 0.231. The van der Waals surface area contributed by atoms with Crippen LogP contribution in [0.4, 0.5) is 5.69 Å². The minimum absolute atomic E-state index is 0.397. The number of hydrogen-bond acceptors (Lipinski definition) is 6. The van der Waals surface area contributed by atoms with Gasteiger partial charge in [-0.3, -0.25) is 9.10 Å². The highest BCUT2D eigenvalue weighted by Crippen LogP contribution is 2.29. The zero-order chi connectivity index (χ0) is 25.3. The van der Waals surface area contributed by atoms with Gasteiger partial charge in [-0.1, -0.05) is 48.5 Å². The molecule has 1 N–H and O–H groups in total. The lowest BCUT2D eigenvalue weighted by Crippen LogP contribution is -2.46. The van der Waals surface area contributed by atoms with Crippen LogP contribution in [-0.2, 0) is 21.4 Å². The predicted octanol–water partition coefficient (Wildman–Crippen LogP) is 3.97. The Morgan fingerprint density at radius 2 is 1.66 bits per heavy atom. The second-order valence-corrected chi connectivity index (χ2v) is 9.58. The van der Waals surface area contributed by atoms with Gasteiger partial charge in [-0.15, -0.1) is 0 Å². The minimum Gasteiger partial charge on any atom is -0.490 e. The van der Waals surface area contributed by atoms with Crippen LogP contribution >= 0.6 is 0 Å². The number of anilines is 1. The first kappa shape index (κ1) is 25.8. The second kappa shape index (κ2) is 12.0. The third-order valence-electron chi connectivity index (χ3n) is 4.99. The maximum absolute atomic E-state index is 12.7. The van der Waals surface area contributed by atoms with E-state index >= 15 is 0 Å². The van der Waals surface area contributed by atoms with Gasteiger partial charge in [0, 0.05) is 0 Å². The monoisotopic (exact) mass is 495 g/mol. The van der Waals surface area contributed by atoms with E-state index in [1.807, 2.05) is 37.3 Å². The largest absolute Gasteiger partial charge is 0.490 e. The zero-order valence-electron chi connectivity index (χ0n) is 19.9. The Labute approximate surface area is 206 Å². The Morgan fingerprint density at radius 3 is 2.29 bits per heavy atom. The summed E-state index contributed by atoms with van der Waals surface area (Å²) < 4.78 is 37.3. The molecule has 0 heterocycles. The Bertz CT molecular complexity index is 1250. The van der Waals surface area contributed by atoms with Crippen LogP contribution in [0, 0.1) is 0 Å². The Morgan fingerprint density at radius 1 is 1.00 bits per heavy atom. The topological polar surface area (TPSA) is 97.3 Å². The maximum Gasteiger partial charge on any atom is 0.263 e. The summed E-state index contributed by atoms with van der Waals surface area (Å²) in [6, 6.07) is 22.6. The summed E-state index contributed by atoms with van der Waals surface area (Å²) in [6.07, 6.45) is 2.52. The number of para-hydroxylation sites is 1. The van der Waals surface area contributed by atoms with Gasteiger partial charge in [0.2, 0.25) is 10.0 Å². The van der Waals surface area contributed by atoms with Crippen molar-refractivity contribution >= 4 is 27.8 Å². The number of hydrazone groups is 1. The van der Waals surface area contributed by atoms with Crippen molar-refractivity contribution in [2.45, 2.75) is 26.5 Å². The van der Waals surface area contributed by atoms with Crippen molar-refractivity contribution in [3.63, 3.8) is 0 Å². The van der Waals surface area contributed by atoms with E-state index in [9.17, 15) is 13.2 Å². The Hall–Kier alpha value is -3.85. The lowest BCUT2D eigenvalue weighted by Gasteiger charge is -2.27. The molecule has 3 aromatic carbocycles. The molecule has 0 aliphatic carbocycles. The van der Waals surface area contributed by atoms with Gasteiger partial charge in [0.1, 0.15) is 12.6 Å². The molecule has 0 bridgehead atoms. The third kappa shape index (κ3) is 7.31. The minimum atomic E-state index is -3.69. The van der Waals surface area contributed by atoms with Crippen molar-refractivity contribution in [1.29, 1.82) is 0 Å². The molecule has 1 amide bonds. The van der Waals surface area contributed by atoms with E-state index < -0.39 is 22.0 Å². The number of carbonyl (C=O) groups excluding carboxylic acids is 1. The molecule has 0 saturated carbocycles. The van der Waals surface area contributed by atoms with Crippen molar-refractivity contribution in [2.75, 3.05) is 17.2 Å². The maximum atomic E-state index is 12.7. The van der Waals surface area contributed by atoms with E-state index in [2.05, 4.69) is 10.5 Å². The summed E-state index contributed by atoms with van der Waals surface area (Å²) in [6.45, 7) is 4.24. The molecule has 35 heavy (non-hydrogen) atoms. The lowest BCUT2D eigenvalue weighted by atomic mass is 10.2. The van der Waals surface area contributed by atoms with Gasteiger partial charge < -0.3 is 9.47 Å². The van der Waals surface area contributed by atoms with Gasteiger partial charge in [-0.05, 0) is 55.3 Å². The highest BCUT2D eigenvalue weighted by Gasteiger charge is 2.28. The average Bonchev–Trinajstić information content (AvgIpc) is 2.84. The molecular formula is C26H29N3O5S. The van der Waals surface area contributed by atoms with Crippen molar-refractivity contribution < 1.29 is 22.7 Å². The fourth-order valence-electron chi connectivity index (χ4n) is 3.38. The van der Waals surface area contributed by atoms with E-state index in [0.29, 0.717) is 36.0 Å². The molecule has 0 unspecified atom stereocenters. The van der Waals surface area contributed by atoms with Crippen LogP contribution in [0.15, 0.2) is 84.0 Å². The highest BCUT2D eigenvalue weighted by molar-refractivity contribution is 7.92. The number of sulfonamides is 1. The van der Waals surface area contributed by atoms with Crippen LogP contribution in [-0.4, -0.2) is 39.4 Å². The molecule has 184 valence electrons. The van der Waals surface area contributed by atoms with Crippen LogP contribution in [0.1, 0.15) is 25.0 Å². The molecule has 1 atom stereocenters. The van der Waals surface area contributed by atoms with Crippen LogP contribution in [0.3, 0.4) is 0 Å². The molecule has 0 radical (unpaired) electrons. The summed E-state index contributed by atoms with van der Waals surface area (Å²) in [7, 11) is -3.69. The number of benzene rings is 3. The van der Waals surface area contributed by atoms with Crippen LogP contribution < -0.4 is 19.2 Å². The third-order valence-corrected chi connectivity index (χ3v) is 6.23. The molecule has 3 rings (SSSR count). The van der Waals surface area contributed by atoms with E-state index in [4.69, 9.17) is 9.47 Å². The van der Waals surface area contributed by atoms with Crippen molar-refractivity contribution in [1.82, 2.24) is 5.43 Å². The number of ether oxygens (including phenoxy) is 2. The number of amides is 1. The molecular weight excluding hydrogens is 466 g/mol. The first-order valence-electron chi connectivity index (χ1n) is 11.1. The van der Waals surface area contributed by atoms with Gasteiger partial charge in [0.25, 0.3) is 5.91 Å². The van der Waals surface area contributed by atoms with Gasteiger partial charge in [0.15, 0.2) is 11.5 Å². The highest BCUT2D eigenvalue weighted by atomic mass is 32.2. The van der Waals surface area contributed by atoms with Crippen LogP contribution in [0.5, 0.6) is 11.5 Å². The molecule has 9 heteroatoms. The van der Waals surface area contributed by atoms with Crippen LogP contribution in [0.2, 0.25) is 0 Å². The fourth-order valence-corrected chi connectivity index (χ4v) is 4.55. The first-order valence-corrected chi connectivity index (χ1v) is 13.0. The van der Waals surface area contributed by atoms with Gasteiger partial charge in [-0.2, -0.15) is 5.10 Å². The van der Waals surface area contributed by atoms with Crippen molar-refractivity contribution in [2.24, 2.45) is 5.10 Å². The molecule has 3 aromatic rings. The van der Waals surface area contributed by atoms with E-state index in [1.54, 1.807) is 48.5 Å². The standard InChI is InChI=1S/C26H29N3O5S/c1-4-33-25-17-22(15-16-24(25)34-19-21-11-7-5-8-12-21)18-27-28-26(30)20(2)29(35(3,31)32)23-13-9-6-10-14-23/h5-18,20H,4,19H2,1-3H3,(H,28,30)/b27-18-/t20-/m1/s1. The molecule has 0 spiro atoms. The number of nitrogens with zero attached hydrogens (tertiary/aromatic N) is 2. The molecule has 8 nitrogen and oxygen atoms in total. The SMILES string of the molecule is CCOc1cc(/C=N\NC(=O)[C@@H](C)N(c2ccccc2)S(C)(=O)=O)ccc1OCc1ccccc1. The summed E-state index contributed by atoms with van der Waals surface area (Å²) in [5.74, 6) is 0.583. The summed E-state index contributed by atoms with van der Waals surface area (Å²) in [5.41, 5.74) is 4.53. The predicted molar refractivity (Wildman–Crippen MR) is 137 cm³/mol. The molecule has 0 aliphatic rings. The number of nitrogens with one attached hydrogen (secondary N) is 1. The van der Waals surface area contributed by atoms with Gasteiger partial charge >= 0.3 is 0 Å². The molecule has 0 aromatic heterocycles. The van der Waals surface area contributed by atoms with Crippen LogP contribution in [0.25, 0.3) is 0 Å². The summed E-state index contributed by atoms with van der Waals surface area (Å²) >= 11 is 0. The average molecular weight is 496 g/mol. The quantitative estimate of drug-likeness (QED) is 0.321. The first-order chi connectivity index (χ1) is 16.8. The number of carbonyl (C=O) groups is 1. The number of rotatable bonds is 11. The normalized spacial score (nSPS) is 12.2. The van der Waals surface area contributed by atoms with E-state index in [1.165, 1.54) is 13.1 Å². The summed E-state index contributed by atoms with van der Waals surface area (Å²) in [5, 5.41) is 4.00. The van der Waals surface area contributed by atoms with E-state index in [-0.39, 0.29) is 0 Å². The van der Waals surface area contributed by atoms with Crippen molar-refractivity contribution in [3.05, 3.63) is 90.0 Å².